The van der Waals surface area contributed by atoms with Crippen molar-refractivity contribution < 1.29 is 14.3 Å². The minimum Gasteiger partial charge on any atom is -0.483 e. The van der Waals surface area contributed by atoms with Gasteiger partial charge in [-0.2, -0.15) is 0 Å². The molecule has 1 aliphatic heterocycles. The first-order valence-corrected chi connectivity index (χ1v) is 10.2. The topological polar surface area (TPSA) is 61.9 Å². The summed E-state index contributed by atoms with van der Waals surface area (Å²) < 4.78 is 5.81. The Kier molecular flexibility index (Phi) is 6.65. The number of amides is 2. The number of ether oxygens (including phenoxy) is 1. The van der Waals surface area contributed by atoms with Gasteiger partial charge in [0.1, 0.15) is 5.75 Å². The highest BCUT2D eigenvalue weighted by Crippen LogP contribution is 2.31. The van der Waals surface area contributed by atoms with Gasteiger partial charge in [-0.15, -0.1) is 0 Å². The van der Waals surface area contributed by atoms with Crippen LogP contribution in [-0.4, -0.2) is 66.5 Å². The second-order valence-electron chi connectivity index (χ2n) is 8.33. The number of rotatable bonds is 5. The molecule has 2 aromatic rings. The number of carbonyl (C=O) groups is 2. The maximum absolute atomic E-state index is 12.6. The Hall–Kier alpha value is -2.31. The van der Waals surface area contributed by atoms with Gasteiger partial charge in [-0.05, 0) is 32.9 Å². The Morgan fingerprint density at radius 3 is 2.34 bits per heavy atom. The van der Waals surface area contributed by atoms with Crippen LogP contribution in [0, 0.1) is 0 Å². The maximum atomic E-state index is 12.6. The summed E-state index contributed by atoms with van der Waals surface area (Å²) in [5.74, 6) is 0.605. The lowest BCUT2D eigenvalue weighted by Crippen LogP contribution is -2.53. The van der Waals surface area contributed by atoms with Gasteiger partial charge in [0.15, 0.2) is 6.61 Å². The Bertz CT molecular complexity index is 886. The van der Waals surface area contributed by atoms with Crippen molar-refractivity contribution in [3.8, 4) is 5.75 Å². The van der Waals surface area contributed by atoms with Crippen molar-refractivity contribution in [3.05, 3.63) is 41.4 Å². The molecule has 0 unspecified atom stereocenters. The molecule has 1 fully saturated rings. The van der Waals surface area contributed by atoms with E-state index in [9.17, 15) is 9.59 Å². The minimum absolute atomic E-state index is 0.00947. The molecule has 0 atom stereocenters. The average Bonchev–Trinajstić information content (AvgIpc) is 2.66. The van der Waals surface area contributed by atoms with Crippen molar-refractivity contribution in [1.29, 1.82) is 0 Å². The average molecular weight is 418 g/mol. The first kappa shape index (κ1) is 21.4. The van der Waals surface area contributed by atoms with Crippen molar-refractivity contribution in [2.75, 3.05) is 39.3 Å². The number of fused-ring (bicyclic) bond motifs is 1. The number of carbonyl (C=O) groups excluding carboxylic acids is 2. The minimum atomic E-state index is -0.238. The van der Waals surface area contributed by atoms with Gasteiger partial charge in [-0.1, -0.05) is 35.9 Å². The second kappa shape index (κ2) is 9.01. The van der Waals surface area contributed by atoms with Gasteiger partial charge in [-0.3, -0.25) is 14.5 Å². The van der Waals surface area contributed by atoms with E-state index in [1.165, 1.54) is 0 Å². The van der Waals surface area contributed by atoms with Crippen LogP contribution in [0.4, 0.5) is 0 Å². The number of piperazine rings is 1. The van der Waals surface area contributed by atoms with Gasteiger partial charge in [0, 0.05) is 47.5 Å². The number of benzene rings is 2. The molecular weight excluding hydrogens is 390 g/mol. The number of hydrogen-bond acceptors (Lipinski definition) is 4. The third kappa shape index (κ3) is 5.84. The van der Waals surface area contributed by atoms with E-state index < -0.39 is 0 Å². The number of nitrogens with one attached hydrogen (secondary N) is 1. The van der Waals surface area contributed by atoms with E-state index in [2.05, 4.69) is 10.2 Å². The van der Waals surface area contributed by atoms with Crippen LogP contribution in [0.25, 0.3) is 10.8 Å². The van der Waals surface area contributed by atoms with Crippen LogP contribution >= 0.6 is 11.6 Å². The van der Waals surface area contributed by atoms with Crippen molar-refractivity contribution in [2.45, 2.75) is 26.3 Å². The Morgan fingerprint density at radius 2 is 1.69 bits per heavy atom. The fourth-order valence-electron chi connectivity index (χ4n) is 3.41. The molecule has 0 saturated carbocycles. The van der Waals surface area contributed by atoms with Gasteiger partial charge in [0.25, 0.3) is 5.91 Å². The van der Waals surface area contributed by atoms with E-state index in [1.54, 1.807) is 17.0 Å². The maximum Gasteiger partial charge on any atom is 0.260 e. The predicted molar refractivity (Wildman–Crippen MR) is 115 cm³/mol. The van der Waals surface area contributed by atoms with Crippen LogP contribution in [0.2, 0.25) is 5.02 Å². The third-order valence-corrected chi connectivity index (χ3v) is 5.12. The Labute approximate surface area is 176 Å². The van der Waals surface area contributed by atoms with E-state index in [1.807, 2.05) is 45.0 Å². The van der Waals surface area contributed by atoms with Gasteiger partial charge < -0.3 is 15.0 Å². The van der Waals surface area contributed by atoms with Crippen LogP contribution in [-0.2, 0) is 9.59 Å². The lowest BCUT2D eigenvalue weighted by Gasteiger charge is -2.34. The Balaban J connectivity index is 1.50. The molecule has 0 bridgehead atoms. The third-order valence-electron chi connectivity index (χ3n) is 4.79. The fraction of sp³-hybridized carbons (Fsp3) is 0.455. The molecule has 0 aromatic heterocycles. The number of nitrogens with zero attached hydrogens (tertiary/aromatic N) is 2. The quantitative estimate of drug-likeness (QED) is 0.812. The normalized spacial score (nSPS) is 15.4. The van der Waals surface area contributed by atoms with Crippen LogP contribution < -0.4 is 10.1 Å². The summed E-state index contributed by atoms with van der Waals surface area (Å²) in [6.07, 6.45) is 0. The molecule has 0 aliphatic carbocycles. The molecule has 1 aliphatic rings. The van der Waals surface area contributed by atoms with Crippen LogP contribution in [0.1, 0.15) is 20.8 Å². The molecule has 2 amide bonds. The van der Waals surface area contributed by atoms with E-state index in [0.717, 1.165) is 10.8 Å². The molecule has 7 heteroatoms. The summed E-state index contributed by atoms with van der Waals surface area (Å²) in [4.78, 5) is 28.5. The smallest absolute Gasteiger partial charge is 0.260 e. The zero-order valence-corrected chi connectivity index (χ0v) is 18.0. The summed E-state index contributed by atoms with van der Waals surface area (Å²) >= 11 is 6.23. The molecule has 29 heavy (non-hydrogen) atoms. The van der Waals surface area contributed by atoms with Gasteiger partial charge in [-0.25, -0.2) is 0 Å². The van der Waals surface area contributed by atoms with E-state index >= 15 is 0 Å². The number of halogens is 1. The van der Waals surface area contributed by atoms with Gasteiger partial charge >= 0.3 is 0 Å². The molecule has 3 rings (SSSR count). The van der Waals surface area contributed by atoms with Crippen LogP contribution in [0.15, 0.2) is 36.4 Å². The summed E-state index contributed by atoms with van der Waals surface area (Å²) in [6, 6.07) is 11.3. The highest BCUT2D eigenvalue weighted by atomic mass is 35.5. The molecule has 156 valence electrons. The Morgan fingerprint density at radius 1 is 1.03 bits per heavy atom. The number of hydrogen-bond donors (Lipinski definition) is 1. The molecule has 1 N–H and O–H groups in total. The zero-order valence-electron chi connectivity index (χ0n) is 17.2. The fourth-order valence-corrected chi connectivity index (χ4v) is 3.64. The van der Waals surface area contributed by atoms with Crippen molar-refractivity contribution in [2.24, 2.45) is 0 Å². The second-order valence-corrected chi connectivity index (χ2v) is 8.74. The monoisotopic (exact) mass is 417 g/mol. The van der Waals surface area contributed by atoms with Gasteiger partial charge in [0.05, 0.1) is 6.54 Å². The highest BCUT2D eigenvalue weighted by Gasteiger charge is 2.24. The molecule has 6 nitrogen and oxygen atoms in total. The SMILES string of the molecule is CC(C)(C)NC(=O)CN1CCN(C(=O)COc2ccc(Cl)c3ccccc23)CC1. The first-order chi connectivity index (χ1) is 13.7. The van der Waals surface area contributed by atoms with Gasteiger partial charge in [0.2, 0.25) is 5.91 Å². The van der Waals surface area contributed by atoms with E-state index in [-0.39, 0.29) is 24.0 Å². The van der Waals surface area contributed by atoms with Crippen LogP contribution in [0.5, 0.6) is 5.75 Å². The van der Waals surface area contributed by atoms with Crippen molar-refractivity contribution >= 4 is 34.2 Å². The van der Waals surface area contributed by atoms with E-state index in [0.29, 0.717) is 43.5 Å². The molecule has 0 radical (unpaired) electrons. The highest BCUT2D eigenvalue weighted by molar-refractivity contribution is 6.35. The summed E-state index contributed by atoms with van der Waals surface area (Å²) in [6.45, 7) is 8.75. The molecule has 0 spiro atoms. The van der Waals surface area contributed by atoms with E-state index in [4.69, 9.17) is 16.3 Å². The van der Waals surface area contributed by atoms with Crippen molar-refractivity contribution in [1.82, 2.24) is 15.1 Å². The van der Waals surface area contributed by atoms with Crippen molar-refractivity contribution in [3.63, 3.8) is 0 Å². The molecule has 1 heterocycles. The largest absolute Gasteiger partial charge is 0.483 e. The predicted octanol–water partition coefficient (Wildman–Crippen LogP) is 2.93. The summed E-state index contributed by atoms with van der Waals surface area (Å²) in [7, 11) is 0. The first-order valence-electron chi connectivity index (χ1n) is 9.84. The zero-order chi connectivity index (χ0) is 21.0. The summed E-state index contributed by atoms with van der Waals surface area (Å²) in [5.41, 5.74) is -0.238. The molecule has 2 aromatic carbocycles. The lowest BCUT2D eigenvalue weighted by molar-refractivity contribution is -0.135. The summed E-state index contributed by atoms with van der Waals surface area (Å²) in [5, 5.41) is 5.42. The molecular formula is C22H28ClN3O3. The van der Waals surface area contributed by atoms with Crippen LogP contribution in [0.3, 0.4) is 0 Å². The lowest BCUT2D eigenvalue weighted by atomic mass is 10.1. The standard InChI is InChI=1S/C22H28ClN3O3/c1-22(2,3)24-20(27)14-25-10-12-26(13-11-25)21(28)15-29-19-9-8-18(23)16-6-4-5-7-17(16)19/h4-9H,10-15H2,1-3H3,(H,24,27). The molecule has 1 saturated heterocycles.